The molecule has 0 aliphatic heterocycles. The number of aliphatic imine (C=N–C) groups is 1. The fourth-order valence-electron chi connectivity index (χ4n) is 1.19. The number of ether oxygens (including phenoxy) is 1. The van der Waals surface area contributed by atoms with Crippen molar-refractivity contribution in [1.29, 1.82) is 0 Å². The van der Waals surface area contributed by atoms with Crippen LogP contribution < -0.4 is 16.0 Å². The lowest BCUT2D eigenvalue weighted by Gasteiger charge is -2.16. The number of rotatable bonds is 3. The van der Waals surface area contributed by atoms with E-state index in [4.69, 9.17) is 22.2 Å². The number of nitrogens with zero attached hydrogens (tertiary/aromatic N) is 1. The summed E-state index contributed by atoms with van der Waals surface area (Å²) >= 11 is 5.78. The Bertz CT molecular complexity index is 382. The van der Waals surface area contributed by atoms with Gasteiger partial charge in [0.25, 0.3) is 0 Å². The first-order chi connectivity index (χ1) is 7.90. The molecule has 0 saturated carbocycles. The Labute approximate surface area is 107 Å². The minimum absolute atomic E-state index is 0.189. The van der Waals surface area contributed by atoms with Crippen molar-refractivity contribution in [3.63, 3.8) is 0 Å². The molecular formula is C12H18ClN3O. The number of benzene rings is 1. The SMILES string of the molecule is CC(C)(C)N=C(COc1ccc(Cl)cc1)NN. The van der Waals surface area contributed by atoms with E-state index in [0.717, 1.165) is 5.75 Å². The fraction of sp³-hybridized carbons (Fsp3) is 0.417. The zero-order chi connectivity index (χ0) is 12.9. The molecule has 0 spiro atoms. The molecule has 1 aromatic rings. The van der Waals surface area contributed by atoms with Crippen molar-refractivity contribution in [2.24, 2.45) is 10.8 Å². The lowest BCUT2D eigenvalue weighted by atomic mass is 10.1. The van der Waals surface area contributed by atoms with Gasteiger partial charge in [-0.05, 0) is 45.0 Å². The van der Waals surface area contributed by atoms with Gasteiger partial charge in [0.2, 0.25) is 0 Å². The van der Waals surface area contributed by atoms with Crippen LogP contribution in [0.1, 0.15) is 20.8 Å². The summed E-state index contributed by atoms with van der Waals surface area (Å²) in [5.41, 5.74) is 2.35. The molecule has 0 saturated heterocycles. The van der Waals surface area contributed by atoms with Crippen LogP contribution >= 0.6 is 11.6 Å². The summed E-state index contributed by atoms with van der Waals surface area (Å²) in [5, 5.41) is 0.679. The highest BCUT2D eigenvalue weighted by molar-refractivity contribution is 6.30. The first-order valence-electron chi connectivity index (χ1n) is 5.34. The van der Waals surface area contributed by atoms with E-state index in [1.54, 1.807) is 24.3 Å². The molecule has 0 aliphatic carbocycles. The van der Waals surface area contributed by atoms with Gasteiger partial charge in [-0.2, -0.15) is 0 Å². The lowest BCUT2D eigenvalue weighted by molar-refractivity contribution is 0.369. The predicted molar refractivity (Wildman–Crippen MR) is 71.5 cm³/mol. The van der Waals surface area contributed by atoms with Gasteiger partial charge in [-0.25, -0.2) is 5.84 Å². The molecule has 5 heteroatoms. The number of hydrogen-bond donors (Lipinski definition) is 2. The van der Waals surface area contributed by atoms with Crippen molar-refractivity contribution >= 4 is 17.4 Å². The molecule has 0 amide bonds. The van der Waals surface area contributed by atoms with Crippen molar-refractivity contribution in [3.05, 3.63) is 29.3 Å². The molecule has 0 radical (unpaired) electrons. The Hall–Kier alpha value is -1.26. The maximum atomic E-state index is 5.78. The molecule has 4 nitrogen and oxygen atoms in total. The van der Waals surface area contributed by atoms with Crippen LogP contribution in [0.15, 0.2) is 29.3 Å². The standard InChI is InChI=1S/C12H18ClN3O/c1-12(2,3)15-11(16-14)8-17-10-6-4-9(13)5-7-10/h4-7H,8,14H2,1-3H3,(H,15,16). The zero-order valence-corrected chi connectivity index (χ0v) is 11.1. The van der Waals surface area contributed by atoms with Crippen molar-refractivity contribution < 1.29 is 4.74 Å². The third-order valence-electron chi connectivity index (χ3n) is 1.83. The molecule has 17 heavy (non-hydrogen) atoms. The van der Waals surface area contributed by atoms with Crippen molar-refractivity contribution in [2.45, 2.75) is 26.3 Å². The number of nitrogens with one attached hydrogen (secondary N) is 1. The van der Waals surface area contributed by atoms with Gasteiger partial charge in [-0.3, -0.25) is 4.99 Å². The number of hydrogen-bond acceptors (Lipinski definition) is 3. The number of halogens is 1. The number of nitrogens with two attached hydrogens (primary N) is 1. The Balaban J connectivity index is 2.59. The smallest absolute Gasteiger partial charge is 0.150 e. The first kappa shape index (κ1) is 13.8. The van der Waals surface area contributed by atoms with Crippen LogP contribution in [0.5, 0.6) is 5.75 Å². The van der Waals surface area contributed by atoms with E-state index in [1.807, 2.05) is 20.8 Å². The maximum absolute atomic E-state index is 5.78. The predicted octanol–water partition coefficient (Wildman–Crippen LogP) is 2.38. The monoisotopic (exact) mass is 255 g/mol. The fourth-order valence-corrected chi connectivity index (χ4v) is 1.32. The molecule has 0 bridgehead atoms. The minimum atomic E-state index is -0.189. The minimum Gasteiger partial charge on any atom is -0.486 e. The van der Waals surface area contributed by atoms with E-state index in [1.165, 1.54) is 0 Å². The van der Waals surface area contributed by atoms with Gasteiger partial charge in [0, 0.05) is 5.02 Å². The average Bonchev–Trinajstić information content (AvgIpc) is 2.25. The zero-order valence-electron chi connectivity index (χ0n) is 10.3. The Morgan fingerprint density at radius 1 is 1.35 bits per heavy atom. The molecule has 1 aromatic carbocycles. The Morgan fingerprint density at radius 2 is 1.94 bits per heavy atom. The molecule has 0 heterocycles. The van der Waals surface area contributed by atoms with E-state index in [0.29, 0.717) is 17.5 Å². The second-order valence-electron chi connectivity index (χ2n) is 4.62. The second-order valence-corrected chi connectivity index (χ2v) is 5.05. The molecular weight excluding hydrogens is 238 g/mol. The Morgan fingerprint density at radius 3 is 2.41 bits per heavy atom. The highest BCUT2D eigenvalue weighted by Crippen LogP contribution is 2.15. The van der Waals surface area contributed by atoms with Crippen molar-refractivity contribution in [3.8, 4) is 5.75 Å². The average molecular weight is 256 g/mol. The van der Waals surface area contributed by atoms with Crippen LogP contribution in [-0.4, -0.2) is 18.0 Å². The van der Waals surface area contributed by atoms with Crippen molar-refractivity contribution in [1.82, 2.24) is 5.43 Å². The molecule has 0 unspecified atom stereocenters. The third-order valence-corrected chi connectivity index (χ3v) is 2.08. The largest absolute Gasteiger partial charge is 0.486 e. The summed E-state index contributed by atoms with van der Waals surface area (Å²) in [7, 11) is 0. The summed E-state index contributed by atoms with van der Waals surface area (Å²) < 4.78 is 5.53. The second kappa shape index (κ2) is 5.89. The molecule has 0 atom stereocenters. The molecule has 3 N–H and O–H groups in total. The summed E-state index contributed by atoms with van der Waals surface area (Å²) in [5.74, 6) is 6.72. The van der Waals surface area contributed by atoms with Crippen LogP contribution in [-0.2, 0) is 0 Å². The van der Waals surface area contributed by atoms with Gasteiger partial charge in [-0.1, -0.05) is 11.6 Å². The lowest BCUT2D eigenvalue weighted by Crippen LogP contribution is -2.37. The van der Waals surface area contributed by atoms with Gasteiger partial charge >= 0.3 is 0 Å². The van der Waals surface area contributed by atoms with E-state index >= 15 is 0 Å². The van der Waals surface area contributed by atoms with Gasteiger partial charge < -0.3 is 10.2 Å². The highest BCUT2D eigenvalue weighted by atomic mass is 35.5. The summed E-state index contributed by atoms with van der Waals surface area (Å²) in [4.78, 5) is 4.39. The summed E-state index contributed by atoms with van der Waals surface area (Å²) in [6.07, 6.45) is 0. The van der Waals surface area contributed by atoms with Gasteiger partial charge in [-0.15, -0.1) is 0 Å². The van der Waals surface area contributed by atoms with Gasteiger partial charge in [0.15, 0.2) is 0 Å². The van der Waals surface area contributed by atoms with Gasteiger partial charge in [0.05, 0.1) is 5.54 Å². The normalized spacial score (nSPS) is 12.4. The Kier molecular flexibility index (Phi) is 4.78. The number of hydrazine groups is 1. The topological polar surface area (TPSA) is 59.6 Å². The quantitative estimate of drug-likeness (QED) is 0.377. The molecule has 94 valence electrons. The van der Waals surface area contributed by atoms with Crippen LogP contribution in [0.25, 0.3) is 0 Å². The van der Waals surface area contributed by atoms with Crippen molar-refractivity contribution in [2.75, 3.05) is 6.61 Å². The van der Waals surface area contributed by atoms with E-state index in [-0.39, 0.29) is 5.54 Å². The van der Waals surface area contributed by atoms with Crippen LogP contribution in [0, 0.1) is 0 Å². The summed E-state index contributed by atoms with van der Waals surface area (Å²) in [6, 6.07) is 7.14. The van der Waals surface area contributed by atoms with E-state index < -0.39 is 0 Å². The first-order valence-corrected chi connectivity index (χ1v) is 5.72. The molecule has 0 aromatic heterocycles. The molecule has 0 fully saturated rings. The highest BCUT2D eigenvalue weighted by Gasteiger charge is 2.09. The van der Waals surface area contributed by atoms with Gasteiger partial charge in [0.1, 0.15) is 18.2 Å². The van der Waals surface area contributed by atoms with Crippen LogP contribution in [0.2, 0.25) is 5.02 Å². The number of amidine groups is 1. The van der Waals surface area contributed by atoms with E-state index in [9.17, 15) is 0 Å². The molecule has 0 aliphatic rings. The van der Waals surface area contributed by atoms with E-state index in [2.05, 4.69) is 10.4 Å². The third kappa shape index (κ3) is 5.56. The molecule has 1 rings (SSSR count). The maximum Gasteiger partial charge on any atom is 0.150 e. The van der Waals surface area contributed by atoms with Crippen LogP contribution in [0.3, 0.4) is 0 Å². The van der Waals surface area contributed by atoms with Crippen LogP contribution in [0.4, 0.5) is 0 Å². The summed E-state index contributed by atoms with van der Waals surface area (Å²) in [6.45, 7) is 6.28.